The molecule has 1 aliphatic heterocycles. The van der Waals surface area contributed by atoms with Gasteiger partial charge in [-0.1, -0.05) is 38.1 Å². The van der Waals surface area contributed by atoms with Crippen molar-refractivity contribution in [2.24, 2.45) is 5.92 Å². The molecule has 1 amide bonds. The van der Waals surface area contributed by atoms with Crippen molar-refractivity contribution in [3.05, 3.63) is 87.6 Å². The number of carbonyl (C=O) groups excluding carboxylic acids is 1. The van der Waals surface area contributed by atoms with Crippen molar-refractivity contribution in [3.63, 3.8) is 0 Å². The van der Waals surface area contributed by atoms with Gasteiger partial charge in [-0.3, -0.25) is 24.3 Å². The molecule has 1 aromatic carbocycles. The number of benzene rings is 1. The standard InChI is InChI=1S/C31H37FN4O5/c1-19(2)10-26(36-16-22(8-9-27(36)37)15-35-17-25(32)18-35)30(40)34-31(41,12-28(38)39)24-11-23(13-33-14-24)29-20(3)6-5-7-21(29)4/h5-9,11,13-14,16,19,25-26,41H,10,12,15,17-18H2,1-4H3,(H,34,40)(H,38,39)/t26?,31-/m0/s1. The van der Waals surface area contributed by atoms with Gasteiger partial charge in [0.15, 0.2) is 5.72 Å². The van der Waals surface area contributed by atoms with Crippen LogP contribution in [-0.2, 0) is 21.9 Å². The van der Waals surface area contributed by atoms with Gasteiger partial charge < -0.3 is 20.1 Å². The van der Waals surface area contributed by atoms with Crippen LogP contribution >= 0.6 is 0 Å². The number of carboxylic acids is 1. The highest BCUT2D eigenvalue weighted by atomic mass is 19.1. The van der Waals surface area contributed by atoms with Crippen LogP contribution in [0.4, 0.5) is 4.39 Å². The molecule has 0 aliphatic carbocycles. The Hall–Kier alpha value is -3.89. The third-order valence-corrected chi connectivity index (χ3v) is 7.37. The summed E-state index contributed by atoms with van der Waals surface area (Å²) in [5.74, 6) is -2.04. The van der Waals surface area contributed by atoms with E-state index in [1.54, 1.807) is 24.5 Å². The molecular formula is C31H37FN4O5. The number of aliphatic hydroxyl groups is 1. The summed E-state index contributed by atoms with van der Waals surface area (Å²) in [6, 6.07) is 9.44. The number of carbonyl (C=O) groups is 2. The minimum atomic E-state index is -2.30. The summed E-state index contributed by atoms with van der Waals surface area (Å²) in [6.07, 6.45) is 3.11. The molecule has 2 aromatic heterocycles. The third-order valence-electron chi connectivity index (χ3n) is 7.37. The van der Waals surface area contributed by atoms with Gasteiger partial charge >= 0.3 is 5.97 Å². The minimum Gasteiger partial charge on any atom is -0.481 e. The lowest BCUT2D eigenvalue weighted by molar-refractivity contribution is -0.148. The number of aryl methyl sites for hydroxylation is 2. The summed E-state index contributed by atoms with van der Waals surface area (Å²) in [7, 11) is 0. The molecule has 1 aliphatic rings. The van der Waals surface area contributed by atoms with E-state index in [0.717, 1.165) is 22.3 Å². The molecule has 1 saturated heterocycles. The van der Waals surface area contributed by atoms with Crippen LogP contribution < -0.4 is 10.9 Å². The van der Waals surface area contributed by atoms with Crippen molar-refractivity contribution in [1.29, 1.82) is 0 Å². The van der Waals surface area contributed by atoms with Crippen molar-refractivity contribution in [1.82, 2.24) is 19.8 Å². The lowest BCUT2D eigenvalue weighted by atomic mass is 9.93. The molecular weight excluding hydrogens is 527 g/mol. The van der Waals surface area contributed by atoms with Crippen molar-refractivity contribution in [3.8, 4) is 11.1 Å². The van der Waals surface area contributed by atoms with E-state index in [1.807, 2.05) is 50.8 Å². The third kappa shape index (κ3) is 7.07. The number of likely N-dealkylation sites (tertiary alicyclic amines) is 1. The van der Waals surface area contributed by atoms with Crippen LogP contribution in [0.1, 0.15) is 55.0 Å². The largest absolute Gasteiger partial charge is 0.481 e. The van der Waals surface area contributed by atoms with Gasteiger partial charge in [-0.15, -0.1) is 0 Å². The molecule has 2 atom stereocenters. The number of amides is 1. The fourth-order valence-electron chi connectivity index (χ4n) is 5.37. The highest BCUT2D eigenvalue weighted by Gasteiger charge is 2.38. The quantitative estimate of drug-likeness (QED) is 0.303. The lowest BCUT2D eigenvalue weighted by Gasteiger charge is -2.34. The van der Waals surface area contributed by atoms with E-state index in [4.69, 9.17) is 0 Å². The second kappa shape index (κ2) is 12.3. The maximum absolute atomic E-state index is 13.8. The van der Waals surface area contributed by atoms with Crippen molar-refractivity contribution < 1.29 is 24.2 Å². The number of carboxylic acid groups (broad SMARTS) is 1. The molecule has 0 bridgehead atoms. The SMILES string of the molecule is Cc1cccc(C)c1-c1cncc([C@@](O)(CC(=O)O)NC(=O)C(CC(C)C)n2cc(CN3CC(F)C3)ccc2=O)c1. The van der Waals surface area contributed by atoms with Crippen LogP contribution in [-0.4, -0.2) is 55.8 Å². The Morgan fingerprint density at radius 3 is 2.44 bits per heavy atom. The second-order valence-electron chi connectivity index (χ2n) is 11.4. The van der Waals surface area contributed by atoms with Crippen LogP contribution in [0.3, 0.4) is 0 Å². The number of hydrogen-bond donors (Lipinski definition) is 3. The maximum atomic E-state index is 13.8. The number of halogens is 1. The number of aliphatic carboxylic acids is 1. The van der Waals surface area contributed by atoms with Gasteiger partial charge in [-0.2, -0.15) is 0 Å². The van der Waals surface area contributed by atoms with E-state index < -0.39 is 41.8 Å². The summed E-state index contributed by atoms with van der Waals surface area (Å²) >= 11 is 0. The van der Waals surface area contributed by atoms with Crippen LogP contribution in [0.15, 0.2) is 59.8 Å². The predicted octanol–water partition coefficient (Wildman–Crippen LogP) is 3.70. The number of aromatic nitrogens is 2. The van der Waals surface area contributed by atoms with Crippen LogP contribution in [0.2, 0.25) is 0 Å². The van der Waals surface area contributed by atoms with Gasteiger partial charge in [0, 0.05) is 55.4 Å². The normalized spacial score (nSPS) is 16.2. The van der Waals surface area contributed by atoms with Crippen LogP contribution in [0.5, 0.6) is 0 Å². The molecule has 10 heteroatoms. The van der Waals surface area contributed by atoms with Gasteiger partial charge in [0.25, 0.3) is 5.56 Å². The Kier molecular flexibility index (Phi) is 9.04. The Balaban J connectivity index is 1.69. The highest BCUT2D eigenvalue weighted by Crippen LogP contribution is 2.31. The molecule has 0 saturated carbocycles. The second-order valence-corrected chi connectivity index (χ2v) is 11.4. The number of rotatable bonds is 11. The first kappa shape index (κ1) is 30.1. The first-order chi connectivity index (χ1) is 19.4. The smallest absolute Gasteiger partial charge is 0.308 e. The lowest BCUT2D eigenvalue weighted by Crippen LogP contribution is -2.51. The molecule has 4 rings (SSSR count). The van der Waals surface area contributed by atoms with E-state index >= 15 is 0 Å². The van der Waals surface area contributed by atoms with E-state index in [0.29, 0.717) is 25.2 Å². The van der Waals surface area contributed by atoms with Crippen LogP contribution in [0.25, 0.3) is 11.1 Å². The van der Waals surface area contributed by atoms with Crippen LogP contribution in [0, 0.1) is 19.8 Å². The number of alkyl halides is 1. The van der Waals surface area contributed by atoms with E-state index in [1.165, 1.54) is 16.8 Å². The Morgan fingerprint density at radius 1 is 1.15 bits per heavy atom. The molecule has 3 aromatic rings. The first-order valence-corrected chi connectivity index (χ1v) is 13.7. The fourth-order valence-corrected chi connectivity index (χ4v) is 5.37. The number of pyridine rings is 2. The summed E-state index contributed by atoms with van der Waals surface area (Å²) in [4.78, 5) is 44.8. The molecule has 0 spiro atoms. The zero-order valence-corrected chi connectivity index (χ0v) is 23.8. The first-order valence-electron chi connectivity index (χ1n) is 13.7. The Labute approximate surface area is 238 Å². The fraction of sp³-hybridized carbons (Fsp3) is 0.419. The zero-order chi connectivity index (χ0) is 29.9. The highest BCUT2D eigenvalue weighted by molar-refractivity contribution is 5.82. The van der Waals surface area contributed by atoms with Crippen molar-refractivity contribution in [2.75, 3.05) is 13.1 Å². The zero-order valence-electron chi connectivity index (χ0n) is 23.8. The average molecular weight is 565 g/mol. The van der Waals surface area contributed by atoms with E-state index in [-0.39, 0.29) is 17.9 Å². The van der Waals surface area contributed by atoms with E-state index in [2.05, 4.69) is 10.3 Å². The predicted molar refractivity (Wildman–Crippen MR) is 153 cm³/mol. The molecule has 41 heavy (non-hydrogen) atoms. The molecule has 3 heterocycles. The van der Waals surface area contributed by atoms with Crippen molar-refractivity contribution >= 4 is 11.9 Å². The topological polar surface area (TPSA) is 125 Å². The van der Waals surface area contributed by atoms with Gasteiger partial charge in [-0.25, -0.2) is 4.39 Å². The summed E-state index contributed by atoms with van der Waals surface area (Å²) < 4.78 is 14.6. The van der Waals surface area contributed by atoms with Crippen molar-refractivity contribution in [2.45, 2.75) is 65.0 Å². The number of hydrogen-bond acceptors (Lipinski definition) is 6. The Morgan fingerprint density at radius 2 is 1.83 bits per heavy atom. The maximum Gasteiger partial charge on any atom is 0.308 e. The average Bonchev–Trinajstić information content (AvgIpc) is 2.87. The van der Waals surface area contributed by atoms with Gasteiger partial charge in [0.05, 0.1) is 6.42 Å². The molecule has 1 unspecified atom stereocenters. The Bertz CT molecular complexity index is 1460. The number of nitrogens with one attached hydrogen (secondary N) is 1. The molecule has 218 valence electrons. The monoisotopic (exact) mass is 564 g/mol. The van der Waals surface area contributed by atoms with Gasteiger partial charge in [0.2, 0.25) is 5.91 Å². The summed E-state index contributed by atoms with van der Waals surface area (Å²) in [6.45, 7) is 8.74. The molecule has 1 fully saturated rings. The molecule has 9 nitrogen and oxygen atoms in total. The molecule has 0 radical (unpaired) electrons. The number of nitrogens with zero attached hydrogens (tertiary/aromatic N) is 3. The van der Waals surface area contributed by atoms with E-state index in [9.17, 15) is 29.0 Å². The van der Waals surface area contributed by atoms with Gasteiger partial charge in [0.1, 0.15) is 12.2 Å². The molecule has 3 N–H and O–H groups in total. The summed E-state index contributed by atoms with van der Waals surface area (Å²) in [5.41, 5.74) is 1.65. The minimum absolute atomic E-state index is 0.00873. The summed E-state index contributed by atoms with van der Waals surface area (Å²) in [5, 5.41) is 23.9. The van der Waals surface area contributed by atoms with Gasteiger partial charge in [-0.05, 0) is 54.5 Å².